The maximum absolute atomic E-state index is 12.8. The number of hydrogen-bond acceptors (Lipinski definition) is 5. The molecular formula is C19H19ClN4O2S. The van der Waals surface area contributed by atoms with Crippen LogP contribution < -0.4 is 0 Å². The number of benzene rings is 1. The van der Waals surface area contributed by atoms with Crippen LogP contribution in [0.15, 0.2) is 59.8 Å². The summed E-state index contributed by atoms with van der Waals surface area (Å²) in [7, 11) is -3.54. The molecule has 0 unspecified atom stereocenters. The molecule has 27 heavy (non-hydrogen) atoms. The smallest absolute Gasteiger partial charge is 0.244 e. The van der Waals surface area contributed by atoms with Crippen LogP contribution >= 0.6 is 11.6 Å². The fourth-order valence-corrected chi connectivity index (χ4v) is 4.81. The second-order valence-corrected chi connectivity index (χ2v) is 8.81. The van der Waals surface area contributed by atoms with E-state index in [0.29, 0.717) is 26.2 Å². The Morgan fingerprint density at radius 2 is 1.74 bits per heavy atom. The largest absolute Gasteiger partial charge is 0.296 e. The Hall–Kier alpha value is -2.06. The fourth-order valence-electron chi connectivity index (χ4n) is 3.33. The van der Waals surface area contributed by atoms with Crippen molar-refractivity contribution in [3.8, 4) is 0 Å². The Morgan fingerprint density at radius 3 is 2.48 bits per heavy atom. The van der Waals surface area contributed by atoms with Crippen LogP contribution in [-0.2, 0) is 16.6 Å². The van der Waals surface area contributed by atoms with Gasteiger partial charge in [-0.1, -0.05) is 35.9 Å². The molecular weight excluding hydrogens is 384 g/mol. The van der Waals surface area contributed by atoms with Crippen molar-refractivity contribution < 1.29 is 8.42 Å². The minimum atomic E-state index is -3.54. The number of piperazine rings is 1. The van der Waals surface area contributed by atoms with Crippen molar-refractivity contribution >= 4 is 32.5 Å². The summed E-state index contributed by atoms with van der Waals surface area (Å²) in [5, 5.41) is 1.40. The Balaban J connectivity index is 1.45. The number of fused-ring (bicyclic) bond motifs is 1. The van der Waals surface area contributed by atoms with Gasteiger partial charge in [-0.3, -0.25) is 9.88 Å². The zero-order valence-corrected chi connectivity index (χ0v) is 16.2. The van der Waals surface area contributed by atoms with Crippen LogP contribution in [0, 0.1) is 0 Å². The monoisotopic (exact) mass is 402 g/mol. The third-order valence-corrected chi connectivity index (χ3v) is 6.89. The van der Waals surface area contributed by atoms with Gasteiger partial charge in [0.15, 0.2) is 0 Å². The van der Waals surface area contributed by atoms with E-state index in [1.54, 1.807) is 6.20 Å². The molecule has 1 fully saturated rings. The van der Waals surface area contributed by atoms with Crippen molar-refractivity contribution in [3.63, 3.8) is 0 Å². The third-order valence-electron chi connectivity index (χ3n) is 4.78. The molecule has 3 heterocycles. The van der Waals surface area contributed by atoms with Gasteiger partial charge in [0.05, 0.1) is 5.52 Å². The predicted molar refractivity (Wildman–Crippen MR) is 105 cm³/mol. The SMILES string of the molecule is O=S(=O)(c1ccc(Cl)nc1)N1CCN(Cc2cccc3cccnc23)CC1. The van der Waals surface area contributed by atoms with Gasteiger partial charge in [-0.2, -0.15) is 4.31 Å². The van der Waals surface area contributed by atoms with Crippen LogP contribution in [0.3, 0.4) is 0 Å². The summed E-state index contributed by atoms with van der Waals surface area (Å²) in [6.45, 7) is 2.99. The standard InChI is InChI=1S/C19H19ClN4O2S/c20-18-7-6-17(13-22-18)27(25,26)24-11-9-23(10-12-24)14-16-4-1-3-15-5-2-8-21-19(15)16/h1-8,13H,9-12,14H2. The maximum Gasteiger partial charge on any atom is 0.244 e. The summed E-state index contributed by atoms with van der Waals surface area (Å²) in [5.41, 5.74) is 2.16. The van der Waals surface area contributed by atoms with Crippen molar-refractivity contribution in [3.05, 3.63) is 65.6 Å². The van der Waals surface area contributed by atoms with Crippen LogP contribution in [0.4, 0.5) is 0 Å². The van der Waals surface area contributed by atoms with E-state index in [1.807, 2.05) is 12.1 Å². The molecule has 1 saturated heterocycles. The molecule has 8 heteroatoms. The molecule has 0 spiro atoms. The van der Waals surface area contributed by atoms with Crippen LogP contribution in [0.25, 0.3) is 10.9 Å². The molecule has 1 aliphatic rings. The van der Waals surface area contributed by atoms with Gasteiger partial charge in [-0.25, -0.2) is 13.4 Å². The van der Waals surface area contributed by atoms with Gasteiger partial charge in [0, 0.05) is 50.5 Å². The van der Waals surface area contributed by atoms with Gasteiger partial charge in [-0.15, -0.1) is 0 Å². The van der Waals surface area contributed by atoms with Crippen molar-refractivity contribution in [2.24, 2.45) is 0 Å². The summed E-state index contributed by atoms with van der Waals surface area (Å²) < 4.78 is 27.0. The van der Waals surface area contributed by atoms with Gasteiger partial charge in [-0.05, 0) is 23.8 Å². The minimum Gasteiger partial charge on any atom is -0.296 e. The van der Waals surface area contributed by atoms with Gasteiger partial charge in [0.1, 0.15) is 10.0 Å². The molecule has 4 rings (SSSR count). The number of hydrogen-bond donors (Lipinski definition) is 0. The molecule has 2 aromatic heterocycles. The zero-order chi connectivity index (χ0) is 18.9. The van der Waals surface area contributed by atoms with E-state index in [-0.39, 0.29) is 10.0 Å². The number of pyridine rings is 2. The Bertz CT molecular complexity index is 1040. The quantitative estimate of drug-likeness (QED) is 0.628. The number of halogens is 1. The summed E-state index contributed by atoms with van der Waals surface area (Å²) in [6.07, 6.45) is 3.11. The third kappa shape index (κ3) is 3.82. The second kappa shape index (κ2) is 7.52. The van der Waals surface area contributed by atoms with E-state index in [9.17, 15) is 8.42 Å². The predicted octanol–water partition coefficient (Wildman–Crippen LogP) is 2.79. The Morgan fingerprint density at radius 1 is 0.963 bits per heavy atom. The van der Waals surface area contributed by atoms with E-state index >= 15 is 0 Å². The molecule has 140 valence electrons. The number of rotatable bonds is 4. The highest BCUT2D eigenvalue weighted by Crippen LogP contribution is 2.21. The molecule has 0 bridgehead atoms. The Labute approximate surface area is 163 Å². The summed E-state index contributed by atoms with van der Waals surface area (Å²) >= 11 is 5.75. The van der Waals surface area contributed by atoms with Crippen LogP contribution in [0.5, 0.6) is 0 Å². The molecule has 3 aromatic rings. The first-order valence-corrected chi connectivity index (χ1v) is 10.5. The highest BCUT2D eigenvalue weighted by atomic mass is 35.5. The lowest BCUT2D eigenvalue weighted by atomic mass is 10.1. The lowest BCUT2D eigenvalue weighted by Crippen LogP contribution is -2.48. The average molecular weight is 403 g/mol. The number of sulfonamides is 1. The van der Waals surface area contributed by atoms with Gasteiger partial charge < -0.3 is 0 Å². The zero-order valence-electron chi connectivity index (χ0n) is 14.6. The van der Waals surface area contributed by atoms with Crippen molar-refractivity contribution in [2.75, 3.05) is 26.2 Å². The first kappa shape index (κ1) is 18.3. The molecule has 1 aromatic carbocycles. The molecule has 6 nitrogen and oxygen atoms in total. The van der Waals surface area contributed by atoms with Crippen molar-refractivity contribution in [1.29, 1.82) is 0 Å². The topological polar surface area (TPSA) is 66.4 Å². The molecule has 1 aliphatic heterocycles. The molecule has 0 saturated carbocycles. The Kier molecular flexibility index (Phi) is 5.10. The van der Waals surface area contributed by atoms with Gasteiger partial charge >= 0.3 is 0 Å². The summed E-state index contributed by atoms with van der Waals surface area (Å²) in [5.74, 6) is 0. The second-order valence-electron chi connectivity index (χ2n) is 6.49. The molecule has 0 N–H and O–H groups in total. The number of nitrogens with zero attached hydrogens (tertiary/aromatic N) is 4. The molecule has 0 aliphatic carbocycles. The number of para-hydroxylation sites is 1. The normalized spacial score (nSPS) is 16.6. The van der Waals surface area contributed by atoms with Crippen LogP contribution in [0.1, 0.15) is 5.56 Å². The van der Waals surface area contributed by atoms with E-state index in [2.05, 4.69) is 33.1 Å². The molecule has 0 amide bonds. The first-order chi connectivity index (χ1) is 13.0. The van der Waals surface area contributed by atoms with Crippen LogP contribution in [-0.4, -0.2) is 53.8 Å². The van der Waals surface area contributed by atoms with Gasteiger partial charge in [0.25, 0.3) is 0 Å². The lowest BCUT2D eigenvalue weighted by Gasteiger charge is -2.34. The summed E-state index contributed by atoms with van der Waals surface area (Å²) in [6, 6.07) is 13.1. The average Bonchev–Trinajstić information content (AvgIpc) is 2.69. The number of aromatic nitrogens is 2. The fraction of sp³-hybridized carbons (Fsp3) is 0.263. The van der Waals surface area contributed by atoms with E-state index in [4.69, 9.17) is 11.6 Å². The van der Waals surface area contributed by atoms with E-state index < -0.39 is 10.0 Å². The molecule has 0 radical (unpaired) electrons. The summed E-state index contributed by atoms with van der Waals surface area (Å²) in [4.78, 5) is 10.8. The minimum absolute atomic E-state index is 0.179. The van der Waals surface area contributed by atoms with E-state index in [1.165, 1.54) is 22.6 Å². The van der Waals surface area contributed by atoms with Crippen molar-refractivity contribution in [1.82, 2.24) is 19.2 Å². The van der Waals surface area contributed by atoms with E-state index in [0.717, 1.165) is 23.0 Å². The first-order valence-electron chi connectivity index (χ1n) is 8.71. The van der Waals surface area contributed by atoms with Crippen LogP contribution in [0.2, 0.25) is 5.15 Å². The van der Waals surface area contributed by atoms with Gasteiger partial charge in [0.2, 0.25) is 10.0 Å². The highest BCUT2D eigenvalue weighted by Gasteiger charge is 2.28. The van der Waals surface area contributed by atoms with Crippen molar-refractivity contribution in [2.45, 2.75) is 11.4 Å². The maximum atomic E-state index is 12.8. The lowest BCUT2D eigenvalue weighted by molar-refractivity contribution is 0.182. The highest BCUT2D eigenvalue weighted by molar-refractivity contribution is 7.89. The molecule has 0 atom stereocenters.